The van der Waals surface area contributed by atoms with Crippen LogP contribution in [-0.4, -0.2) is 22.0 Å². The van der Waals surface area contributed by atoms with Crippen LogP contribution in [0.15, 0.2) is 62.8 Å². The van der Waals surface area contributed by atoms with Crippen molar-refractivity contribution in [3.05, 3.63) is 80.3 Å². The number of rotatable bonds is 5. The first-order valence-corrected chi connectivity index (χ1v) is 8.52. The second-order valence-corrected chi connectivity index (χ2v) is 6.46. The number of hydrogen-bond acceptors (Lipinski definition) is 6. The second kappa shape index (κ2) is 7.92. The number of carbonyl (C=O) groups is 1. The molecule has 0 fully saturated rings. The molecule has 0 aliphatic carbocycles. The van der Waals surface area contributed by atoms with Gasteiger partial charge in [0.15, 0.2) is 0 Å². The molecule has 136 valence electrons. The number of non-ortho nitro benzene ring substituents is 1. The number of amides is 1. The molecule has 9 heteroatoms. The number of hydrogen-bond donors (Lipinski definition) is 1. The van der Waals surface area contributed by atoms with E-state index in [-0.39, 0.29) is 5.69 Å². The number of nitrogens with zero attached hydrogens (tertiary/aromatic N) is 3. The third kappa shape index (κ3) is 4.45. The predicted molar refractivity (Wildman–Crippen MR) is 103 cm³/mol. The van der Waals surface area contributed by atoms with Crippen molar-refractivity contribution in [3.8, 4) is 11.3 Å². The first-order chi connectivity index (χ1) is 12.9. The summed E-state index contributed by atoms with van der Waals surface area (Å²) in [6.07, 6.45) is 4.37. The Morgan fingerprint density at radius 1 is 1.30 bits per heavy atom. The molecule has 3 aromatic rings. The van der Waals surface area contributed by atoms with Gasteiger partial charge in [-0.1, -0.05) is 0 Å². The summed E-state index contributed by atoms with van der Waals surface area (Å²) < 4.78 is 6.36. The third-order valence-corrected chi connectivity index (χ3v) is 4.07. The van der Waals surface area contributed by atoms with Crippen molar-refractivity contribution in [3.63, 3.8) is 0 Å². The number of nitro benzene ring substituents is 1. The highest BCUT2D eigenvalue weighted by Gasteiger charge is 2.12. The zero-order valence-electron chi connectivity index (χ0n) is 14.0. The number of benzene rings is 1. The van der Waals surface area contributed by atoms with E-state index in [1.165, 1.54) is 24.5 Å². The minimum atomic E-state index is -0.444. The fraction of sp³-hybridized carbons (Fsp3) is 0.0556. The summed E-state index contributed by atoms with van der Waals surface area (Å²) >= 11 is 3.25. The SMILES string of the molecule is Cc1cc([N+](=O)[O-])ccc1-c1ccc(C=NNC(=O)c2cncc(Br)c2)o1. The highest BCUT2D eigenvalue weighted by molar-refractivity contribution is 9.10. The number of hydrazone groups is 1. The topological polar surface area (TPSA) is 111 Å². The van der Waals surface area contributed by atoms with E-state index in [4.69, 9.17) is 4.42 Å². The maximum atomic E-state index is 12.0. The van der Waals surface area contributed by atoms with Crippen molar-refractivity contribution in [2.75, 3.05) is 0 Å². The van der Waals surface area contributed by atoms with Crippen LogP contribution in [0.5, 0.6) is 0 Å². The lowest BCUT2D eigenvalue weighted by Gasteiger charge is -2.02. The van der Waals surface area contributed by atoms with Crippen molar-refractivity contribution in [2.45, 2.75) is 6.92 Å². The molecule has 1 N–H and O–H groups in total. The fourth-order valence-corrected chi connectivity index (χ4v) is 2.72. The van der Waals surface area contributed by atoms with Gasteiger partial charge in [-0.25, -0.2) is 5.43 Å². The lowest BCUT2D eigenvalue weighted by Crippen LogP contribution is -2.17. The number of aryl methyl sites for hydroxylation is 1. The molecule has 2 aromatic heterocycles. The van der Waals surface area contributed by atoms with Crippen LogP contribution < -0.4 is 5.43 Å². The minimum Gasteiger partial charge on any atom is -0.455 e. The largest absolute Gasteiger partial charge is 0.455 e. The number of aromatic nitrogens is 1. The Morgan fingerprint density at radius 3 is 2.81 bits per heavy atom. The van der Waals surface area contributed by atoms with Crippen LogP contribution in [0.4, 0.5) is 5.69 Å². The van der Waals surface area contributed by atoms with E-state index in [0.29, 0.717) is 21.6 Å². The number of pyridine rings is 1. The van der Waals surface area contributed by atoms with E-state index in [2.05, 4.69) is 31.4 Å². The molecular formula is C18H13BrN4O4. The van der Waals surface area contributed by atoms with Crippen LogP contribution in [0.3, 0.4) is 0 Å². The Balaban J connectivity index is 1.70. The predicted octanol–water partition coefficient (Wildman–Crippen LogP) is 4.08. The quantitative estimate of drug-likeness (QED) is 0.373. The number of nitrogens with one attached hydrogen (secondary N) is 1. The van der Waals surface area contributed by atoms with Crippen molar-refractivity contribution in [1.29, 1.82) is 0 Å². The van der Waals surface area contributed by atoms with Gasteiger partial charge in [-0.3, -0.25) is 19.9 Å². The molecule has 0 atom stereocenters. The first-order valence-electron chi connectivity index (χ1n) is 7.73. The molecule has 3 rings (SSSR count). The number of furan rings is 1. The highest BCUT2D eigenvalue weighted by Crippen LogP contribution is 2.28. The van der Waals surface area contributed by atoms with Gasteiger partial charge in [0, 0.05) is 34.6 Å². The van der Waals surface area contributed by atoms with Crippen LogP contribution in [0.1, 0.15) is 21.7 Å². The van der Waals surface area contributed by atoms with Crippen molar-refractivity contribution in [1.82, 2.24) is 10.4 Å². The van der Waals surface area contributed by atoms with E-state index in [9.17, 15) is 14.9 Å². The summed E-state index contributed by atoms with van der Waals surface area (Å²) in [6, 6.07) is 9.58. The first kappa shape index (κ1) is 18.5. The average Bonchev–Trinajstić information content (AvgIpc) is 3.10. The molecule has 0 saturated carbocycles. The number of halogens is 1. The number of nitro groups is 1. The maximum Gasteiger partial charge on any atom is 0.272 e. The molecule has 0 bridgehead atoms. The molecule has 8 nitrogen and oxygen atoms in total. The monoisotopic (exact) mass is 428 g/mol. The van der Waals surface area contributed by atoms with Crippen LogP contribution in [0, 0.1) is 17.0 Å². The Morgan fingerprint density at radius 2 is 2.11 bits per heavy atom. The summed E-state index contributed by atoms with van der Waals surface area (Å²) in [4.78, 5) is 26.3. The lowest BCUT2D eigenvalue weighted by atomic mass is 10.1. The second-order valence-electron chi connectivity index (χ2n) is 5.55. The molecule has 2 heterocycles. The van der Waals surface area contributed by atoms with E-state index < -0.39 is 10.8 Å². The molecule has 0 saturated heterocycles. The van der Waals surface area contributed by atoms with E-state index >= 15 is 0 Å². The van der Waals surface area contributed by atoms with Crippen molar-refractivity contribution < 1.29 is 14.1 Å². The molecule has 1 amide bonds. The smallest absolute Gasteiger partial charge is 0.272 e. The van der Waals surface area contributed by atoms with Crippen LogP contribution >= 0.6 is 15.9 Å². The zero-order valence-corrected chi connectivity index (χ0v) is 15.6. The average molecular weight is 429 g/mol. The standard InChI is InChI=1S/C18H13BrN4O4/c1-11-6-14(23(25)26)2-4-16(11)17-5-3-15(27-17)10-21-22-18(24)12-7-13(19)9-20-8-12/h2-10H,1H3,(H,22,24). The number of carbonyl (C=O) groups excluding carboxylic acids is 1. The summed E-state index contributed by atoms with van der Waals surface area (Å²) in [5.41, 5.74) is 4.24. The Labute approximate surface area is 162 Å². The van der Waals surface area contributed by atoms with Gasteiger partial charge in [0.2, 0.25) is 0 Å². The summed E-state index contributed by atoms with van der Waals surface area (Å²) in [7, 11) is 0. The Kier molecular flexibility index (Phi) is 5.41. The van der Waals surface area contributed by atoms with E-state index in [0.717, 1.165) is 11.1 Å². The van der Waals surface area contributed by atoms with Crippen LogP contribution in [0.2, 0.25) is 0 Å². The van der Waals surface area contributed by atoms with Crippen LogP contribution in [-0.2, 0) is 0 Å². The summed E-state index contributed by atoms with van der Waals surface area (Å²) in [5, 5.41) is 14.7. The van der Waals surface area contributed by atoms with Gasteiger partial charge in [-0.2, -0.15) is 5.10 Å². The van der Waals surface area contributed by atoms with Gasteiger partial charge in [0.25, 0.3) is 11.6 Å². The molecule has 0 unspecified atom stereocenters. The molecule has 0 aliphatic heterocycles. The summed E-state index contributed by atoms with van der Waals surface area (Å²) in [6.45, 7) is 1.77. The molecule has 0 aliphatic rings. The minimum absolute atomic E-state index is 0.0225. The molecule has 1 aromatic carbocycles. The van der Waals surface area contributed by atoms with Gasteiger partial charge in [0.1, 0.15) is 11.5 Å². The lowest BCUT2D eigenvalue weighted by molar-refractivity contribution is -0.384. The Bertz CT molecular complexity index is 1050. The van der Waals surface area contributed by atoms with Gasteiger partial charge in [-0.05, 0) is 52.7 Å². The molecule has 0 radical (unpaired) electrons. The highest BCUT2D eigenvalue weighted by atomic mass is 79.9. The van der Waals surface area contributed by atoms with E-state index in [1.54, 1.807) is 37.4 Å². The third-order valence-electron chi connectivity index (χ3n) is 3.64. The molecule has 0 spiro atoms. The van der Waals surface area contributed by atoms with Gasteiger partial charge in [-0.15, -0.1) is 0 Å². The summed E-state index contributed by atoms with van der Waals surface area (Å²) in [5.74, 6) is 0.569. The fourth-order valence-electron chi connectivity index (χ4n) is 2.36. The normalized spacial score (nSPS) is 10.9. The Hall–Kier alpha value is -3.33. The van der Waals surface area contributed by atoms with Crippen molar-refractivity contribution in [2.24, 2.45) is 5.10 Å². The van der Waals surface area contributed by atoms with Gasteiger partial charge < -0.3 is 4.42 Å². The molecular weight excluding hydrogens is 416 g/mol. The maximum absolute atomic E-state index is 12.0. The van der Waals surface area contributed by atoms with Gasteiger partial charge in [0.05, 0.1) is 16.7 Å². The molecule has 27 heavy (non-hydrogen) atoms. The van der Waals surface area contributed by atoms with Crippen molar-refractivity contribution >= 4 is 33.7 Å². The van der Waals surface area contributed by atoms with Gasteiger partial charge >= 0.3 is 0 Å². The zero-order chi connectivity index (χ0) is 19.4. The van der Waals surface area contributed by atoms with E-state index in [1.807, 2.05) is 0 Å². The van der Waals surface area contributed by atoms with Crippen LogP contribution in [0.25, 0.3) is 11.3 Å².